The summed E-state index contributed by atoms with van der Waals surface area (Å²) in [5.41, 5.74) is 1.95. The van der Waals surface area contributed by atoms with Crippen LogP contribution < -0.4 is 25.0 Å². The first-order valence-corrected chi connectivity index (χ1v) is 13.6. The van der Waals surface area contributed by atoms with E-state index in [9.17, 15) is 14.4 Å². The Morgan fingerprint density at radius 1 is 0.950 bits per heavy atom. The molecule has 1 aromatic heterocycles. The predicted molar refractivity (Wildman–Crippen MR) is 148 cm³/mol. The van der Waals surface area contributed by atoms with Gasteiger partial charge in [-0.05, 0) is 36.2 Å². The summed E-state index contributed by atoms with van der Waals surface area (Å²) in [5.74, 6) is -1.91. The van der Waals surface area contributed by atoms with Crippen LogP contribution >= 0.6 is 11.6 Å². The summed E-state index contributed by atoms with van der Waals surface area (Å²) in [6.45, 7) is 0.805. The Morgan fingerprint density at radius 3 is 2.65 bits per heavy atom. The van der Waals surface area contributed by atoms with Gasteiger partial charge in [-0.25, -0.2) is 4.90 Å². The number of aromatic amines is 1. The third-order valence-electron chi connectivity index (χ3n) is 8.60. The summed E-state index contributed by atoms with van der Waals surface area (Å²) in [6, 6.07) is 17.7. The number of carbonyl (C=O) groups excluding carboxylic acids is 3. The molecule has 4 aliphatic heterocycles. The van der Waals surface area contributed by atoms with E-state index in [-0.39, 0.29) is 5.91 Å². The van der Waals surface area contributed by atoms with Crippen LogP contribution in [0.15, 0.2) is 66.9 Å². The minimum Gasteiger partial charge on any atom is -0.486 e. The van der Waals surface area contributed by atoms with Crippen LogP contribution in [0.3, 0.4) is 0 Å². The standard InChI is InChI=1S/C30H23ClN4O5/c31-19-6-3-5-18-26(19)33-29(38)30(18)25-24(21(34-30)12-15-14-32-20-7-2-1-4-17(15)20)27(36)35(28(25)37)16-8-9-22-23(13-16)40-11-10-39-22/h1-9,13-14,21,24-25,32,34H,10-12H2,(H,33,38)/t21-,24+,25-,30-/m0/s1. The second-order valence-electron chi connectivity index (χ2n) is 10.6. The SMILES string of the molecule is O=C1[C@@H]2[C@H](Cc3c[nH]c4ccccc34)N[C@]3(C(=O)Nc4c(Cl)cccc43)[C@@H]2C(=O)N1c1ccc2c(c1)OCCO2. The number of aromatic nitrogens is 1. The van der Waals surface area contributed by atoms with Gasteiger partial charge in [0, 0.05) is 34.8 Å². The van der Waals surface area contributed by atoms with E-state index in [2.05, 4.69) is 15.6 Å². The number of nitrogens with one attached hydrogen (secondary N) is 3. The van der Waals surface area contributed by atoms with Crippen LogP contribution in [0.4, 0.5) is 11.4 Å². The summed E-state index contributed by atoms with van der Waals surface area (Å²) < 4.78 is 11.4. The van der Waals surface area contributed by atoms with Crippen molar-refractivity contribution in [1.29, 1.82) is 0 Å². The van der Waals surface area contributed by atoms with Gasteiger partial charge >= 0.3 is 0 Å². The van der Waals surface area contributed by atoms with Crippen LogP contribution in [0.5, 0.6) is 11.5 Å². The molecule has 3 amide bonds. The van der Waals surface area contributed by atoms with Gasteiger partial charge in [0.1, 0.15) is 18.8 Å². The fraction of sp³-hybridized carbons (Fsp3) is 0.233. The number of para-hydroxylation sites is 2. The van der Waals surface area contributed by atoms with Crippen LogP contribution in [-0.4, -0.2) is 42.0 Å². The van der Waals surface area contributed by atoms with Crippen molar-refractivity contribution < 1.29 is 23.9 Å². The lowest BCUT2D eigenvalue weighted by atomic mass is 9.76. The molecular formula is C30H23ClN4O5. The number of rotatable bonds is 3. The smallest absolute Gasteiger partial charge is 0.250 e. The van der Waals surface area contributed by atoms with Gasteiger partial charge in [0.2, 0.25) is 17.7 Å². The minimum atomic E-state index is -1.45. The molecule has 40 heavy (non-hydrogen) atoms. The topological polar surface area (TPSA) is 113 Å². The molecule has 1 spiro atoms. The number of ether oxygens (including phenoxy) is 2. The van der Waals surface area contributed by atoms with Gasteiger partial charge in [-0.1, -0.05) is 41.9 Å². The van der Waals surface area contributed by atoms with E-state index in [0.717, 1.165) is 16.5 Å². The van der Waals surface area contributed by atoms with E-state index in [1.165, 1.54) is 4.90 Å². The van der Waals surface area contributed by atoms with E-state index in [1.807, 2.05) is 30.5 Å². The Kier molecular flexibility index (Phi) is 4.90. The number of carbonyl (C=O) groups is 3. The van der Waals surface area contributed by atoms with Crippen LogP contribution in [0.2, 0.25) is 5.02 Å². The summed E-state index contributed by atoms with van der Waals surface area (Å²) in [6.07, 6.45) is 2.36. The lowest BCUT2D eigenvalue weighted by molar-refractivity contribution is -0.130. The van der Waals surface area contributed by atoms with E-state index in [0.29, 0.717) is 53.1 Å². The Labute approximate surface area is 233 Å². The molecule has 2 fully saturated rings. The first kappa shape index (κ1) is 23.5. The number of amides is 3. The highest BCUT2D eigenvalue weighted by atomic mass is 35.5. The van der Waals surface area contributed by atoms with Gasteiger partial charge in [-0.15, -0.1) is 0 Å². The number of hydrogen-bond donors (Lipinski definition) is 3. The summed E-state index contributed by atoms with van der Waals surface area (Å²) in [5, 5.41) is 7.79. The second-order valence-corrected chi connectivity index (χ2v) is 11.0. The van der Waals surface area contributed by atoms with Gasteiger partial charge < -0.3 is 19.8 Å². The maximum Gasteiger partial charge on any atom is 0.250 e. The maximum atomic E-state index is 14.3. The first-order valence-electron chi connectivity index (χ1n) is 13.2. The van der Waals surface area contributed by atoms with Crippen molar-refractivity contribution in [3.8, 4) is 11.5 Å². The predicted octanol–water partition coefficient (Wildman–Crippen LogP) is 3.76. The summed E-state index contributed by atoms with van der Waals surface area (Å²) >= 11 is 6.48. The van der Waals surface area contributed by atoms with E-state index in [4.69, 9.17) is 21.1 Å². The fourth-order valence-electron chi connectivity index (χ4n) is 6.93. The number of halogens is 1. The maximum absolute atomic E-state index is 14.3. The Morgan fingerprint density at radius 2 is 1.77 bits per heavy atom. The van der Waals surface area contributed by atoms with Crippen molar-refractivity contribution in [3.05, 3.63) is 83.0 Å². The van der Waals surface area contributed by atoms with Gasteiger partial charge in [0.25, 0.3) is 0 Å². The van der Waals surface area contributed by atoms with Crippen molar-refractivity contribution in [3.63, 3.8) is 0 Å². The Hall–Kier alpha value is -4.34. The molecule has 8 rings (SSSR count). The van der Waals surface area contributed by atoms with Crippen molar-refractivity contribution in [2.75, 3.05) is 23.4 Å². The number of H-pyrrole nitrogens is 1. The highest BCUT2D eigenvalue weighted by Gasteiger charge is 2.70. The molecule has 4 aromatic rings. The lowest BCUT2D eigenvalue weighted by Gasteiger charge is -2.30. The molecular weight excluding hydrogens is 532 g/mol. The van der Waals surface area contributed by atoms with Gasteiger partial charge in [-0.2, -0.15) is 0 Å². The fourth-order valence-corrected chi connectivity index (χ4v) is 7.15. The molecule has 0 unspecified atom stereocenters. The first-order chi connectivity index (χ1) is 19.5. The van der Waals surface area contributed by atoms with E-state index < -0.39 is 35.2 Å². The molecule has 0 bridgehead atoms. The summed E-state index contributed by atoms with van der Waals surface area (Å²) in [7, 11) is 0. The zero-order valence-electron chi connectivity index (χ0n) is 21.1. The van der Waals surface area contributed by atoms with Crippen LogP contribution in [0.1, 0.15) is 11.1 Å². The number of anilines is 2. The molecule has 2 saturated heterocycles. The number of imide groups is 1. The van der Waals surface area contributed by atoms with E-state index >= 15 is 0 Å². The van der Waals surface area contributed by atoms with Crippen LogP contribution in [-0.2, 0) is 26.3 Å². The molecule has 0 saturated carbocycles. The molecule has 200 valence electrons. The number of fused-ring (bicyclic) bond motifs is 6. The third kappa shape index (κ3) is 3.04. The zero-order valence-corrected chi connectivity index (χ0v) is 21.8. The average molecular weight is 555 g/mol. The normalized spacial score (nSPS) is 26.5. The van der Waals surface area contributed by atoms with Crippen LogP contribution in [0.25, 0.3) is 10.9 Å². The van der Waals surface area contributed by atoms with Gasteiger partial charge in [0.15, 0.2) is 11.5 Å². The lowest BCUT2D eigenvalue weighted by Crippen LogP contribution is -2.53. The van der Waals surface area contributed by atoms with Crippen LogP contribution in [0, 0.1) is 11.8 Å². The number of nitrogens with zero attached hydrogens (tertiary/aromatic N) is 1. The number of benzene rings is 3. The highest BCUT2D eigenvalue weighted by Crippen LogP contribution is 2.55. The molecule has 10 heteroatoms. The molecule has 0 radical (unpaired) electrons. The van der Waals surface area contributed by atoms with Gasteiger partial charge in [-0.3, -0.25) is 19.7 Å². The van der Waals surface area contributed by atoms with Crippen molar-refractivity contribution >= 4 is 51.6 Å². The average Bonchev–Trinajstić information content (AvgIpc) is 3.68. The minimum absolute atomic E-state index is 0.357. The monoisotopic (exact) mass is 554 g/mol. The molecule has 3 aromatic carbocycles. The molecule has 4 atom stereocenters. The molecule has 4 aliphatic rings. The molecule has 9 nitrogen and oxygen atoms in total. The summed E-state index contributed by atoms with van der Waals surface area (Å²) in [4.78, 5) is 46.9. The number of hydrogen-bond acceptors (Lipinski definition) is 6. The molecule has 5 heterocycles. The van der Waals surface area contributed by atoms with E-state index in [1.54, 1.807) is 36.4 Å². The van der Waals surface area contributed by atoms with Crippen molar-refractivity contribution in [1.82, 2.24) is 10.3 Å². The zero-order chi connectivity index (χ0) is 27.2. The van der Waals surface area contributed by atoms with Crippen molar-refractivity contribution in [2.24, 2.45) is 11.8 Å². The van der Waals surface area contributed by atoms with Crippen molar-refractivity contribution in [2.45, 2.75) is 18.0 Å². The quantitative estimate of drug-likeness (QED) is 0.332. The molecule has 3 N–H and O–H groups in total. The largest absolute Gasteiger partial charge is 0.486 e. The van der Waals surface area contributed by atoms with Gasteiger partial charge in [0.05, 0.1) is 28.2 Å². The molecule has 0 aliphatic carbocycles. The second kappa shape index (κ2) is 8.33. The third-order valence-corrected chi connectivity index (χ3v) is 8.91. The Bertz CT molecular complexity index is 1770. The highest BCUT2D eigenvalue weighted by molar-refractivity contribution is 6.35. The Balaban J connectivity index is 1.27.